The maximum Gasteiger partial charge on any atom is 0.345 e. The molecular weight excluding hydrogens is 398 g/mol. The molecule has 0 amide bonds. The monoisotopic (exact) mass is 417 g/mol. The zero-order valence-corrected chi connectivity index (χ0v) is 17.2. The summed E-state index contributed by atoms with van der Waals surface area (Å²) in [4.78, 5) is 29.2. The number of ether oxygens (including phenoxy) is 4. The number of fused-ring (bicyclic) bond motifs is 1. The Labute approximate surface area is 178 Å². The van der Waals surface area contributed by atoms with Crippen molar-refractivity contribution in [1.29, 1.82) is 0 Å². The van der Waals surface area contributed by atoms with Crippen molar-refractivity contribution >= 4 is 17.8 Å². The number of aromatic nitrogens is 1. The maximum atomic E-state index is 12.9. The summed E-state index contributed by atoms with van der Waals surface area (Å²) in [6.45, 7) is 1.76. The van der Waals surface area contributed by atoms with Crippen molar-refractivity contribution in [1.82, 2.24) is 4.98 Å². The molecule has 7 heteroatoms. The molecule has 31 heavy (non-hydrogen) atoms. The summed E-state index contributed by atoms with van der Waals surface area (Å²) in [7, 11) is 3.07. The summed E-state index contributed by atoms with van der Waals surface area (Å²) in [5.41, 5.74) is 2.02. The van der Waals surface area contributed by atoms with Crippen molar-refractivity contribution in [3.05, 3.63) is 82.9 Å². The standard InChI is InChI=1S/C24H19NO6/c1-14-10-17(30-24(27)16-7-5-9-25-13-16)12-19-21(14)22(26)20(31-19)11-15-6-4-8-18(28-2)23(15)29-3/h4-13H,1-3H3/b20-11-. The van der Waals surface area contributed by atoms with Gasteiger partial charge >= 0.3 is 5.97 Å². The predicted octanol–water partition coefficient (Wildman–Crippen LogP) is 4.24. The number of carbonyl (C=O) groups excluding carboxylic acids is 2. The molecule has 4 rings (SSSR count). The molecule has 0 atom stereocenters. The lowest BCUT2D eigenvalue weighted by Crippen LogP contribution is -2.09. The lowest BCUT2D eigenvalue weighted by molar-refractivity contribution is 0.0734. The van der Waals surface area contributed by atoms with Crippen LogP contribution in [-0.2, 0) is 0 Å². The summed E-state index contributed by atoms with van der Waals surface area (Å²) in [6, 6.07) is 11.8. The number of allylic oxidation sites excluding steroid dienone is 1. The van der Waals surface area contributed by atoms with Gasteiger partial charge in [0.05, 0.1) is 25.3 Å². The van der Waals surface area contributed by atoms with E-state index >= 15 is 0 Å². The lowest BCUT2D eigenvalue weighted by Gasteiger charge is -2.10. The second kappa shape index (κ2) is 8.31. The minimum absolute atomic E-state index is 0.139. The maximum absolute atomic E-state index is 12.9. The van der Waals surface area contributed by atoms with Gasteiger partial charge in [-0.05, 0) is 42.8 Å². The minimum atomic E-state index is -0.548. The predicted molar refractivity (Wildman–Crippen MR) is 113 cm³/mol. The Morgan fingerprint density at radius 1 is 1.10 bits per heavy atom. The molecule has 0 aliphatic carbocycles. The minimum Gasteiger partial charge on any atom is -0.493 e. The van der Waals surface area contributed by atoms with Crippen LogP contribution in [0.1, 0.15) is 31.8 Å². The Kier molecular flexibility index (Phi) is 5.41. The smallest absolute Gasteiger partial charge is 0.345 e. The number of methoxy groups -OCH3 is 2. The van der Waals surface area contributed by atoms with Gasteiger partial charge in [0, 0.05) is 24.0 Å². The lowest BCUT2D eigenvalue weighted by atomic mass is 10.0. The fourth-order valence-electron chi connectivity index (χ4n) is 3.35. The van der Waals surface area contributed by atoms with Gasteiger partial charge in [0.1, 0.15) is 11.5 Å². The van der Waals surface area contributed by atoms with E-state index in [0.29, 0.717) is 39.5 Å². The van der Waals surface area contributed by atoms with Gasteiger partial charge in [-0.1, -0.05) is 12.1 Å². The Balaban J connectivity index is 1.65. The van der Waals surface area contributed by atoms with Crippen LogP contribution in [0.25, 0.3) is 6.08 Å². The van der Waals surface area contributed by atoms with E-state index in [1.807, 2.05) is 0 Å². The molecule has 0 saturated heterocycles. The zero-order valence-electron chi connectivity index (χ0n) is 17.2. The average molecular weight is 417 g/mol. The van der Waals surface area contributed by atoms with Crippen molar-refractivity contribution < 1.29 is 28.5 Å². The highest BCUT2D eigenvalue weighted by molar-refractivity contribution is 6.15. The molecular formula is C24H19NO6. The number of hydrogen-bond acceptors (Lipinski definition) is 7. The van der Waals surface area contributed by atoms with Crippen LogP contribution in [0, 0.1) is 6.92 Å². The second-order valence-corrected chi connectivity index (χ2v) is 6.77. The van der Waals surface area contributed by atoms with Gasteiger partial charge in [0.15, 0.2) is 17.3 Å². The quantitative estimate of drug-likeness (QED) is 0.349. The highest BCUT2D eigenvalue weighted by Crippen LogP contribution is 2.39. The molecule has 0 fully saturated rings. The van der Waals surface area contributed by atoms with E-state index in [2.05, 4.69) is 4.98 Å². The molecule has 1 aliphatic rings. The molecule has 0 radical (unpaired) electrons. The van der Waals surface area contributed by atoms with E-state index < -0.39 is 5.97 Å². The fraction of sp³-hybridized carbons (Fsp3) is 0.125. The van der Waals surface area contributed by atoms with Gasteiger partial charge in [0.2, 0.25) is 5.78 Å². The van der Waals surface area contributed by atoms with Gasteiger partial charge in [-0.25, -0.2) is 4.79 Å². The van der Waals surface area contributed by atoms with Gasteiger partial charge in [-0.15, -0.1) is 0 Å². The number of pyridine rings is 1. The largest absolute Gasteiger partial charge is 0.493 e. The Bertz CT molecular complexity index is 1200. The Morgan fingerprint density at radius 2 is 1.94 bits per heavy atom. The molecule has 3 aromatic rings. The van der Waals surface area contributed by atoms with Crippen LogP contribution >= 0.6 is 0 Å². The normalized spacial score (nSPS) is 13.5. The van der Waals surface area contributed by atoms with Gasteiger partial charge in [-0.2, -0.15) is 0 Å². The molecule has 156 valence electrons. The molecule has 0 unspecified atom stereocenters. The highest BCUT2D eigenvalue weighted by atomic mass is 16.5. The molecule has 2 heterocycles. The number of carbonyl (C=O) groups is 2. The number of nitrogens with zero attached hydrogens (tertiary/aromatic N) is 1. The Hall–Kier alpha value is -4.13. The zero-order chi connectivity index (χ0) is 22.0. The Morgan fingerprint density at radius 3 is 2.65 bits per heavy atom. The van der Waals surface area contributed by atoms with Crippen LogP contribution in [-0.4, -0.2) is 31.0 Å². The first-order chi connectivity index (χ1) is 15.0. The summed E-state index contributed by atoms with van der Waals surface area (Å²) in [5, 5.41) is 0. The van der Waals surface area contributed by atoms with Crippen LogP contribution in [0.4, 0.5) is 0 Å². The molecule has 0 spiro atoms. The second-order valence-electron chi connectivity index (χ2n) is 6.77. The molecule has 2 aromatic carbocycles. The molecule has 7 nitrogen and oxygen atoms in total. The van der Waals surface area contributed by atoms with E-state index in [-0.39, 0.29) is 17.3 Å². The van der Waals surface area contributed by atoms with Crippen LogP contribution in [0.5, 0.6) is 23.0 Å². The molecule has 0 saturated carbocycles. The first-order valence-corrected chi connectivity index (χ1v) is 9.44. The number of esters is 1. The van der Waals surface area contributed by atoms with Crippen molar-refractivity contribution in [2.45, 2.75) is 6.92 Å². The number of aryl methyl sites for hydroxylation is 1. The summed E-state index contributed by atoms with van der Waals surface area (Å²) in [6.07, 6.45) is 4.59. The first kappa shape index (κ1) is 20.2. The highest BCUT2D eigenvalue weighted by Gasteiger charge is 2.31. The molecule has 0 bridgehead atoms. The van der Waals surface area contributed by atoms with Gasteiger partial charge < -0.3 is 18.9 Å². The van der Waals surface area contributed by atoms with E-state index in [4.69, 9.17) is 18.9 Å². The van der Waals surface area contributed by atoms with Crippen LogP contribution in [0.3, 0.4) is 0 Å². The SMILES string of the molecule is COc1cccc(/C=C2\Oc3cc(OC(=O)c4cccnc4)cc(C)c3C2=O)c1OC. The van der Waals surface area contributed by atoms with Crippen molar-refractivity contribution in [3.8, 4) is 23.0 Å². The summed E-state index contributed by atoms with van der Waals surface area (Å²) >= 11 is 0. The third-order valence-electron chi connectivity index (χ3n) is 4.77. The molecule has 1 aromatic heterocycles. The van der Waals surface area contributed by atoms with E-state index in [9.17, 15) is 9.59 Å². The number of ketones is 1. The van der Waals surface area contributed by atoms with Crippen molar-refractivity contribution in [3.63, 3.8) is 0 Å². The van der Waals surface area contributed by atoms with E-state index in [0.717, 1.165) is 0 Å². The number of benzene rings is 2. The van der Waals surface area contributed by atoms with E-state index in [1.54, 1.807) is 62.7 Å². The topological polar surface area (TPSA) is 84.0 Å². The van der Waals surface area contributed by atoms with Crippen LogP contribution in [0.15, 0.2) is 60.6 Å². The third kappa shape index (κ3) is 3.85. The van der Waals surface area contributed by atoms with E-state index in [1.165, 1.54) is 19.4 Å². The van der Waals surface area contributed by atoms with Crippen LogP contribution in [0.2, 0.25) is 0 Å². The number of Topliss-reactive ketones (excluding diaryl/α,β-unsaturated/α-hetero) is 1. The fourth-order valence-corrected chi connectivity index (χ4v) is 3.35. The van der Waals surface area contributed by atoms with Gasteiger partial charge in [0.25, 0.3) is 0 Å². The summed E-state index contributed by atoms with van der Waals surface area (Å²) < 4.78 is 22.0. The number of hydrogen-bond donors (Lipinski definition) is 0. The van der Waals surface area contributed by atoms with Crippen molar-refractivity contribution in [2.75, 3.05) is 14.2 Å². The van der Waals surface area contributed by atoms with Crippen molar-refractivity contribution in [2.24, 2.45) is 0 Å². The number of para-hydroxylation sites is 1. The van der Waals surface area contributed by atoms with Gasteiger partial charge in [-0.3, -0.25) is 9.78 Å². The average Bonchev–Trinajstić information content (AvgIpc) is 3.09. The first-order valence-electron chi connectivity index (χ1n) is 9.44. The third-order valence-corrected chi connectivity index (χ3v) is 4.77. The summed E-state index contributed by atoms with van der Waals surface area (Å²) in [5.74, 6) is 0.968. The van der Waals surface area contributed by atoms with Crippen LogP contribution < -0.4 is 18.9 Å². The molecule has 0 N–H and O–H groups in total. The molecule has 1 aliphatic heterocycles. The number of rotatable bonds is 5.